The molecule has 2 aliphatic rings. The zero-order chi connectivity index (χ0) is 20.8. The van der Waals surface area contributed by atoms with Gasteiger partial charge in [0.1, 0.15) is 28.6 Å². The summed E-state index contributed by atoms with van der Waals surface area (Å²) in [6.45, 7) is 9.11. The van der Waals surface area contributed by atoms with E-state index in [1.807, 2.05) is 23.1 Å². The van der Waals surface area contributed by atoms with Crippen LogP contribution < -0.4 is 0 Å². The van der Waals surface area contributed by atoms with Gasteiger partial charge in [-0.15, -0.1) is 0 Å². The maximum Gasteiger partial charge on any atom is 0.143 e. The van der Waals surface area contributed by atoms with Crippen molar-refractivity contribution in [1.29, 1.82) is 0 Å². The third kappa shape index (κ3) is 3.29. The number of nitrogens with zero attached hydrogens (tertiary/aromatic N) is 2. The molecule has 2 aliphatic heterocycles. The second-order valence-corrected chi connectivity index (χ2v) is 8.95. The summed E-state index contributed by atoms with van der Waals surface area (Å²) in [5.74, 6) is 0. The Morgan fingerprint density at radius 3 is 2.04 bits per heavy atom. The van der Waals surface area contributed by atoms with Crippen LogP contribution in [0, 0.1) is 0 Å². The Balaban J connectivity index is 1.74. The summed E-state index contributed by atoms with van der Waals surface area (Å²) in [5, 5.41) is 43.2. The highest BCUT2D eigenvalue weighted by Gasteiger charge is 2.70. The van der Waals surface area contributed by atoms with Crippen LogP contribution in [-0.2, 0) is 11.3 Å². The van der Waals surface area contributed by atoms with Crippen LogP contribution in [0.1, 0.15) is 33.3 Å². The Kier molecular flexibility index (Phi) is 5.66. The van der Waals surface area contributed by atoms with Crippen molar-refractivity contribution in [2.45, 2.75) is 62.9 Å². The van der Waals surface area contributed by atoms with Crippen molar-refractivity contribution in [3.8, 4) is 0 Å². The lowest BCUT2D eigenvalue weighted by Crippen LogP contribution is -2.83. The van der Waals surface area contributed by atoms with E-state index in [2.05, 4.69) is 17.0 Å². The van der Waals surface area contributed by atoms with Gasteiger partial charge in [-0.25, -0.2) is 0 Å². The fraction of sp³-hybridized carbons (Fsp3) is 0.714. The molecule has 0 amide bonds. The van der Waals surface area contributed by atoms with E-state index in [1.165, 1.54) is 26.3 Å². The number of benzene rings is 1. The van der Waals surface area contributed by atoms with Crippen LogP contribution >= 0.6 is 0 Å². The van der Waals surface area contributed by atoms with Crippen LogP contribution in [0.5, 0.6) is 0 Å². The first-order valence-corrected chi connectivity index (χ1v) is 9.92. The minimum atomic E-state index is -1.89. The lowest BCUT2D eigenvalue weighted by molar-refractivity contribution is -0.396. The lowest BCUT2D eigenvalue weighted by atomic mass is 9.63. The monoisotopic (exact) mass is 394 g/mol. The predicted molar refractivity (Wildman–Crippen MR) is 106 cm³/mol. The summed E-state index contributed by atoms with van der Waals surface area (Å²) in [6, 6.07) is 10.3. The van der Waals surface area contributed by atoms with E-state index in [-0.39, 0.29) is 0 Å². The molecule has 3 unspecified atom stereocenters. The maximum absolute atomic E-state index is 11.2. The molecule has 7 nitrogen and oxygen atoms in total. The number of hydrogen-bond donors (Lipinski definition) is 4. The molecule has 0 spiro atoms. The van der Waals surface area contributed by atoms with Gasteiger partial charge in [-0.2, -0.15) is 0 Å². The molecule has 3 rings (SSSR count). The van der Waals surface area contributed by atoms with Crippen LogP contribution in [0.3, 0.4) is 0 Å². The standard InChI is InChI=1S/C21H34N2O5/c1-18(15-24)20(3,26)21(4,27)19(2,25)17(28-18)23-12-10-22(11-13-23)14-16-8-6-5-7-9-16/h5-9,17,24-27H,10-15H2,1-4H3/t17-,18?,19?,20-,21?/m1/s1. The molecule has 4 N–H and O–H groups in total. The van der Waals surface area contributed by atoms with Crippen LogP contribution in [0.2, 0.25) is 0 Å². The van der Waals surface area contributed by atoms with Crippen LogP contribution in [-0.4, -0.2) is 91.6 Å². The van der Waals surface area contributed by atoms with Crippen molar-refractivity contribution >= 4 is 0 Å². The molecule has 2 heterocycles. The van der Waals surface area contributed by atoms with Gasteiger partial charge in [0.25, 0.3) is 0 Å². The topological polar surface area (TPSA) is 96.6 Å². The fourth-order valence-corrected chi connectivity index (χ4v) is 4.34. The van der Waals surface area contributed by atoms with Gasteiger partial charge in [0, 0.05) is 32.7 Å². The molecule has 0 aromatic heterocycles. The Labute approximate surface area is 167 Å². The number of piperazine rings is 1. The Morgan fingerprint density at radius 1 is 0.929 bits per heavy atom. The van der Waals surface area contributed by atoms with E-state index in [0.29, 0.717) is 13.1 Å². The van der Waals surface area contributed by atoms with Gasteiger partial charge < -0.3 is 25.2 Å². The molecule has 28 heavy (non-hydrogen) atoms. The van der Waals surface area contributed by atoms with Gasteiger partial charge in [0.2, 0.25) is 0 Å². The summed E-state index contributed by atoms with van der Waals surface area (Å²) in [5.41, 5.74) is -5.62. The number of ether oxygens (including phenoxy) is 1. The van der Waals surface area contributed by atoms with Gasteiger partial charge in [-0.3, -0.25) is 9.80 Å². The number of aliphatic hydroxyl groups is 4. The van der Waals surface area contributed by atoms with E-state index >= 15 is 0 Å². The molecular weight excluding hydrogens is 360 g/mol. The van der Waals surface area contributed by atoms with E-state index in [4.69, 9.17) is 4.74 Å². The first-order valence-electron chi connectivity index (χ1n) is 9.92. The van der Waals surface area contributed by atoms with Gasteiger partial charge >= 0.3 is 0 Å². The molecular formula is C21H34N2O5. The quantitative estimate of drug-likeness (QED) is 0.578. The zero-order valence-electron chi connectivity index (χ0n) is 17.3. The number of hydrogen-bond acceptors (Lipinski definition) is 7. The van der Waals surface area contributed by atoms with Crippen molar-refractivity contribution in [1.82, 2.24) is 9.80 Å². The first-order chi connectivity index (χ1) is 13.0. The minimum Gasteiger partial charge on any atom is -0.393 e. The minimum absolute atomic E-state index is 0.475. The van der Waals surface area contributed by atoms with E-state index in [9.17, 15) is 20.4 Å². The second kappa shape index (κ2) is 7.32. The molecule has 0 radical (unpaired) electrons. The Morgan fingerprint density at radius 2 is 1.50 bits per heavy atom. The Hall–Kier alpha value is -1.06. The van der Waals surface area contributed by atoms with Crippen molar-refractivity contribution in [3.63, 3.8) is 0 Å². The average molecular weight is 395 g/mol. The molecule has 1 aromatic carbocycles. The van der Waals surface area contributed by atoms with Gasteiger partial charge in [-0.1, -0.05) is 30.3 Å². The number of aliphatic hydroxyl groups excluding tert-OH is 1. The van der Waals surface area contributed by atoms with Crippen LogP contribution in [0.25, 0.3) is 0 Å². The smallest absolute Gasteiger partial charge is 0.143 e. The van der Waals surface area contributed by atoms with Crippen molar-refractivity contribution in [2.75, 3.05) is 32.8 Å². The van der Waals surface area contributed by atoms with Crippen molar-refractivity contribution in [3.05, 3.63) is 35.9 Å². The predicted octanol–water partition coefficient (Wildman–Crippen LogP) is 0.165. The highest BCUT2D eigenvalue weighted by atomic mass is 16.6. The largest absolute Gasteiger partial charge is 0.393 e. The van der Waals surface area contributed by atoms with E-state index in [1.54, 1.807) is 6.92 Å². The second-order valence-electron chi connectivity index (χ2n) is 8.95. The summed E-state index contributed by atoms with van der Waals surface area (Å²) in [6.07, 6.45) is -0.848. The van der Waals surface area contributed by atoms with Crippen LogP contribution in [0.4, 0.5) is 0 Å². The van der Waals surface area contributed by atoms with Crippen molar-refractivity contribution < 1.29 is 25.2 Å². The maximum atomic E-state index is 11.2. The molecule has 0 aliphatic carbocycles. The van der Waals surface area contributed by atoms with Crippen molar-refractivity contribution in [2.24, 2.45) is 0 Å². The number of rotatable bonds is 4. The first kappa shape index (κ1) is 21.6. The van der Waals surface area contributed by atoms with Gasteiger partial charge in [-0.05, 0) is 33.3 Å². The summed E-state index contributed by atoms with van der Waals surface area (Å²) in [7, 11) is 0. The summed E-state index contributed by atoms with van der Waals surface area (Å²) < 4.78 is 6.08. The van der Waals surface area contributed by atoms with Gasteiger partial charge in [0.15, 0.2) is 0 Å². The van der Waals surface area contributed by atoms with Crippen LogP contribution in [0.15, 0.2) is 30.3 Å². The van der Waals surface area contributed by atoms with Gasteiger partial charge in [0.05, 0.1) is 6.61 Å². The molecule has 5 atom stereocenters. The van der Waals surface area contributed by atoms with E-state index in [0.717, 1.165) is 19.6 Å². The van der Waals surface area contributed by atoms with E-state index < -0.39 is 35.2 Å². The molecule has 0 saturated carbocycles. The highest BCUT2D eigenvalue weighted by Crippen LogP contribution is 2.49. The normalized spacial score (nSPS) is 43.2. The molecule has 2 fully saturated rings. The Bertz CT molecular complexity index is 671. The third-order valence-electron chi connectivity index (χ3n) is 7.11. The molecule has 1 aromatic rings. The molecule has 158 valence electrons. The highest BCUT2D eigenvalue weighted by molar-refractivity contribution is 5.20. The third-order valence-corrected chi connectivity index (χ3v) is 7.11. The molecule has 2 saturated heterocycles. The lowest BCUT2D eigenvalue weighted by Gasteiger charge is -2.63. The fourth-order valence-electron chi connectivity index (χ4n) is 4.34. The molecule has 7 heteroatoms. The summed E-state index contributed by atoms with van der Waals surface area (Å²) >= 11 is 0. The SMILES string of the molecule is CC1(O)[C@H](N2CCN(Cc3ccccc3)CC2)OC(C)(CO)[C@@](C)(O)C1(C)O. The summed E-state index contributed by atoms with van der Waals surface area (Å²) in [4.78, 5) is 4.32. The molecule has 0 bridgehead atoms. The average Bonchev–Trinajstić information content (AvgIpc) is 2.66. The zero-order valence-corrected chi connectivity index (χ0v) is 17.3.